The van der Waals surface area contributed by atoms with E-state index in [0.29, 0.717) is 10.0 Å². The first-order valence-electron chi connectivity index (χ1n) is 6.05. The van der Waals surface area contributed by atoms with Gasteiger partial charge < -0.3 is 10.6 Å². The van der Waals surface area contributed by atoms with Gasteiger partial charge >= 0.3 is 0 Å². The highest BCUT2D eigenvalue weighted by atomic mass is 35.5. The summed E-state index contributed by atoms with van der Waals surface area (Å²) in [6.07, 6.45) is 2.85. The summed E-state index contributed by atoms with van der Waals surface area (Å²) in [5.74, 6) is 1.86. The average Bonchev–Trinajstić information content (AvgIpc) is 2.40. The monoisotopic (exact) mass is 319 g/mol. The van der Waals surface area contributed by atoms with Crippen LogP contribution in [0.3, 0.4) is 0 Å². The highest BCUT2D eigenvalue weighted by Gasteiger charge is 2.05. The molecule has 0 aliphatic rings. The van der Waals surface area contributed by atoms with Gasteiger partial charge in [0.15, 0.2) is 5.96 Å². The van der Waals surface area contributed by atoms with Crippen molar-refractivity contribution in [2.45, 2.75) is 6.42 Å². The molecular formula is C13H19Cl2N3S. The fraction of sp³-hybridized carbons (Fsp3) is 0.462. The van der Waals surface area contributed by atoms with Gasteiger partial charge in [-0.1, -0.05) is 29.3 Å². The molecule has 0 saturated heterocycles. The molecule has 0 saturated carbocycles. The Kier molecular flexibility index (Phi) is 8.10. The van der Waals surface area contributed by atoms with Gasteiger partial charge in [0, 0.05) is 35.9 Å². The van der Waals surface area contributed by atoms with Crippen LogP contribution in [-0.2, 0) is 6.42 Å². The number of thioether (sulfide) groups is 1. The molecule has 0 heterocycles. The topological polar surface area (TPSA) is 36.4 Å². The molecule has 19 heavy (non-hydrogen) atoms. The first-order valence-corrected chi connectivity index (χ1v) is 8.20. The van der Waals surface area contributed by atoms with Crippen LogP contribution in [0.25, 0.3) is 0 Å². The molecule has 1 aromatic rings. The van der Waals surface area contributed by atoms with Crippen molar-refractivity contribution in [1.29, 1.82) is 0 Å². The smallest absolute Gasteiger partial charge is 0.191 e. The van der Waals surface area contributed by atoms with E-state index in [4.69, 9.17) is 23.2 Å². The molecule has 1 rings (SSSR count). The Hall–Kier alpha value is -0.580. The molecule has 0 spiro atoms. The van der Waals surface area contributed by atoms with Gasteiger partial charge in [0.1, 0.15) is 0 Å². The van der Waals surface area contributed by atoms with E-state index in [2.05, 4.69) is 21.9 Å². The lowest BCUT2D eigenvalue weighted by Crippen LogP contribution is -2.39. The molecule has 1 aromatic carbocycles. The molecule has 2 N–H and O–H groups in total. The highest BCUT2D eigenvalue weighted by molar-refractivity contribution is 7.98. The third-order valence-electron chi connectivity index (χ3n) is 2.55. The van der Waals surface area contributed by atoms with Crippen LogP contribution >= 0.6 is 35.0 Å². The molecule has 0 atom stereocenters. The Bertz CT molecular complexity index is 404. The Morgan fingerprint density at radius 1 is 1.21 bits per heavy atom. The molecule has 0 bridgehead atoms. The molecule has 0 aromatic heterocycles. The molecule has 3 nitrogen and oxygen atoms in total. The molecule has 6 heteroatoms. The standard InChI is InChI=1S/C13H19Cl2N3S/c1-16-13(18-8-9-19-2)17-7-6-10-11(14)4-3-5-12(10)15/h3-5H,6-9H2,1-2H3,(H2,16,17,18). The minimum absolute atomic E-state index is 0.708. The maximum Gasteiger partial charge on any atom is 0.191 e. The molecule has 106 valence electrons. The number of halogens is 2. The summed E-state index contributed by atoms with van der Waals surface area (Å²) in [5.41, 5.74) is 0.970. The Morgan fingerprint density at radius 3 is 2.42 bits per heavy atom. The molecule has 0 aliphatic heterocycles. The number of nitrogens with one attached hydrogen (secondary N) is 2. The van der Waals surface area contributed by atoms with Crippen LogP contribution < -0.4 is 10.6 Å². The van der Waals surface area contributed by atoms with Crippen molar-refractivity contribution in [3.8, 4) is 0 Å². The van der Waals surface area contributed by atoms with E-state index in [1.807, 2.05) is 18.2 Å². The van der Waals surface area contributed by atoms with E-state index in [0.717, 1.165) is 36.8 Å². The van der Waals surface area contributed by atoms with Crippen molar-refractivity contribution in [2.24, 2.45) is 4.99 Å². The van der Waals surface area contributed by atoms with Crippen molar-refractivity contribution in [3.63, 3.8) is 0 Å². The van der Waals surface area contributed by atoms with Crippen molar-refractivity contribution in [1.82, 2.24) is 10.6 Å². The second-order valence-corrected chi connectivity index (χ2v) is 5.67. The summed E-state index contributed by atoms with van der Waals surface area (Å²) in [7, 11) is 1.76. The van der Waals surface area contributed by atoms with Gasteiger partial charge in [-0.05, 0) is 30.4 Å². The molecule has 0 aliphatic carbocycles. The van der Waals surface area contributed by atoms with Crippen molar-refractivity contribution < 1.29 is 0 Å². The van der Waals surface area contributed by atoms with Crippen LogP contribution in [0.15, 0.2) is 23.2 Å². The minimum atomic E-state index is 0.708. The fourth-order valence-corrected chi connectivity index (χ4v) is 2.46. The van der Waals surface area contributed by atoms with E-state index in [-0.39, 0.29) is 0 Å². The summed E-state index contributed by atoms with van der Waals surface area (Å²) in [6, 6.07) is 5.56. The Balaban J connectivity index is 2.40. The van der Waals surface area contributed by atoms with Gasteiger partial charge in [-0.25, -0.2) is 0 Å². The second-order valence-electron chi connectivity index (χ2n) is 3.87. The SMILES string of the molecule is CN=C(NCCSC)NCCc1c(Cl)cccc1Cl. The van der Waals surface area contributed by atoms with E-state index >= 15 is 0 Å². The summed E-state index contributed by atoms with van der Waals surface area (Å²) in [5, 5.41) is 7.90. The van der Waals surface area contributed by atoms with Gasteiger partial charge in [0.05, 0.1) is 0 Å². The molecular weight excluding hydrogens is 301 g/mol. The number of guanidine groups is 1. The van der Waals surface area contributed by atoms with Crippen LogP contribution in [0.1, 0.15) is 5.56 Å². The number of hydrogen-bond acceptors (Lipinski definition) is 2. The fourth-order valence-electron chi connectivity index (χ4n) is 1.57. The van der Waals surface area contributed by atoms with E-state index in [9.17, 15) is 0 Å². The van der Waals surface area contributed by atoms with E-state index in [1.54, 1.807) is 18.8 Å². The number of hydrogen-bond donors (Lipinski definition) is 2. The molecule has 0 unspecified atom stereocenters. The highest BCUT2D eigenvalue weighted by Crippen LogP contribution is 2.24. The summed E-state index contributed by atoms with van der Waals surface area (Å²) in [6.45, 7) is 1.64. The summed E-state index contributed by atoms with van der Waals surface area (Å²) in [4.78, 5) is 4.16. The second kappa shape index (κ2) is 9.34. The largest absolute Gasteiger partial charge is 0.356 e. The predicted octanol–water partition coefficient (Wildman–Crippen LogP) is 3.06. The number of aliphatic imine (C=N–C) groups is 1. The number of benzene rings is 1. The first-order chi connectivity index (χ1) is 9.19. The van der Waals surface area contributed by atoms with Crippen LogP contribution in [0, 0.1) is 0 Å². The third-order valence-corrected chi connectivity index (χ3v) is 3.87. The quantitative estimate of drug-likeness (QED) is 0.480. The lowest BCUT2D eigenvalue weighted by molar-refractivity contribution is 0.812. The molecule has 0 amide bonds. The van der Waals surface area contributed by atoms with Gasteiger partial charge in [-0.15, -0.1) is 0 Å². The van der Waals surface area contributed by atoms with Gasteiger partial charge in [-0.3, -0.25) is 4.99 Å². The van der Waals surface area contributed by atoms with Crippen LogP contribution in [0.4, 0.5) is 0 Å². The molecule has 0 radical (unpaired) electrons. The van der Waals surface area contributed by atoms with Crippen LogP contribution in [0.2, 0.25) is 10.0 Å². The zero-order chi connectivity index (χ0) is 14.1. The number of nitrogens with zero attached hydrogens (tertiary/aromatic N) is 1. The third kappa shape index (κ3) is 5.93. The zero-order valence-corrected chi connectivity index (χ0v) is 13.5. The van der Waals surface area contributed by atoms with E-state index < -0.39 is 0 Å². The zero-order valence-electron chi connectivity index (χ0n) is 11.2. The normalized spacial score (nSPS) is 11.5. The van der Waals surface area contributed by atoms with Crippen molar-refractivity contribution in [2.75, 3.05) is 32.1 Å². The first kappa shape index (κ1) is 16.5. The summed E-state index contributed by atoms with van der Waals surface area (Å²) >= 11 is 14.0. The van der Waals surface area contributed by atoms with Crippen molar-refractivity contribution >= 4 is 40.9 Å². The minimum Gasteiger partial charge on any atom is -0.356 e. The Labute approximate surface area is 129 Å². The van der Waals surface area contributed by atoms with E-state index in [1.165, 1.54) is 0 Å². The maximum atomic E-state index is 6.12. The molecule has 0 fully saturated rings. The van der Waals surface area contributed by atoms with Crippen molar-refractivity contribution in [3.05, 3.63) is 33.8 Å². The lowest BCUT2D eigenvalue weighted by Gasteiger charge is -2.12. The Morgan fingerprint density at radius 2 is 1.84 bits per heavy atom. The van der Waals surface area contributed by atoms with Gasteiger partial charge in [-0.2, -0.15) is 11.8 Å². The maximum absolute atomic E-state index is 6.12. The average molecular weight is 320 g/mol. The van der Waals surface area contributed by atoms with Gasteiger partial charge in [0.2, 0.25) is 0 Å². The summed E-state index contributed by atoms with van der Waals surface area (Å²) < 4.78 is 0. The van der Waals surface area contributed by atoms with Gasteiger partial charge in [0.25, 0.3) is 0 Å². The predicted molar refractivity (Wildman–Crippen MR) is 87.9 cm³/mol. The lowest BCUT2D eigenvalue weighted by atomic mass is 10.1. The van der Waals surface area contributed by atoms with Crippen LogP contribution in [0.5, 0.6) is 0 Å². The number of rotatable bonds is 6. The van der Waals surface area contributed by atoms with Crippen LogP contribution in [-0.4, -0.2) is 38.1 Å².